The van der Waals surface area contributed by atoms with Gasteiger partial charge < -0.3 is 5.32 Å². The molecule has 0 bridgehead atoms. The number of rotatable bonds is 6. The van der Waals surface area contributed by atoms with Crippen LogP contribution in [0.15, 0.2) is 70.6 Å². The lowest BCUT2D eigenvalue weighted by Crippen LogP contribution is -2.25. The van der Waals surface area contributed by atoms with E-state index in [1.807, 2.05) is 75.4 Å². The smallest absolute Gasteiger partial charge is 0.262 e. The van der Waals surface area contributed by atoms with Crippen molar-refractivity contribution in [3.63, 3.8) is 0 Å². The highest BCUT2D eigenvalue weighted by molar-refractivity contribution is 7.99. The zero-order valence-electron chi connectivity index (χ0n) is 18.7. The molecule has 5 nitrogen and oxygen atoms in total. The van der Waals surface area contributed by atoms with E-state index in [9.17, 15) is 9.59 Å². The number of nitrogens with one attached hydrogen (secondary N) is 1. The highest BCUT2D eigenvalue weighted by Gasteiger charge is 2.15. The van der Waals surface area contributed by atoms with Gasteiger partial charge in [-0.05, 0) is 55.7 Å². The maximum absolute atomic E-state index is 13.3. The maximum atomic E-state index is 13.3. The van der Waals surface area contributed by atoms with Crippen LogP contribution >= 0.6 is 23.4 Å². The lowest BCUT2D eigenvalue weighted by molar-refractivity contribution is -0.113. The number of halogens is 1. The van der Waals surface area contributed by atoms with Gasteiger partial charge in [-0.1, -0.05) is 71.4 Å². The van der Waals surface area contributed by atoms with Crippen LogP contribution in [0, 0.1) is 20.8 Å². The minimum atomic E-state index is -0.210. The Kier molecular flexibility index (Phi) is 6.86. The second-order valence-corrected chi connectivity index (χ2v) is 9.41. The van der Waals surface area contributed by atoms with E-state index in [0.29, 0.717) is 33.3 Å². The number of carbonyl (C=O) groups excluding carboxylic acids is 1. The monoisotopic (exact) mass is 477 g/mol. The Hall–Kier alpha value is -3.09. The first-order chi connectivity index (χ1) is 15.8. The molecule has 168 valence electrons. The molecule has 0 saturated carbocycles. The average molecular weight is 478 g/mol. The first-order valence-electron chi connectivity index (χ1n) is 10.6. The Balaban J connectivity index is 1.61. The number of fused-ring (bicyclic) bond motifs is 1. The van der Waals surface area contributed by atoms with E-state index in [1.54, 1.807) is 10.6 Å². The molecule has 1 N–H and O–H groups in total. The van der Waals surface area contributed by atoms with Crippen LogP contribution < -0.4 is 10.9 Å². The topological polar surface area (TPSA) is 64.0 Å². The molecule has 0 spiro atoms. The third-order valence-corrected chi connectivity index (χ3v) is 6.59. The van der Waals surface area contributed by atoms with Crippen LogP contribution in [0.4, 0.5) is 5.69 Å². The van der Waals surface area contributed by atoms with Crippen LogP contribution in [-0.4, -0.2) is 21.2 Å². The van der Waals surface area contributed by atoms with Gasteiger partial charge in [0.1, 0.15) is 0 Å². The first-order valence-corrected chi connectivity index (χ1v) is 11.9. The summed E-state index contributed by atoms with van der Waals surface area (Å²) in [6.07, 6.45) is 0. The minimum absolute atomic E-state index is 0.0995. The van der Waals surface area contributed by atoms with Crippen molar-refractivity contribution in [3.05, 3.63) is 98.3 Å². The van der Waals surface area contributed by atoms with Gasteiger partial charge in [0.05, 0.1) is 33.9 Å². The number of aryl methyl sites for hydroxylation is 3. The number of amides is 1. The van der Waals surface area contributed by atoms with E-state index < -0.39 is 0 Å². The fourth-order valence-corrected chi connectivity index (χ4v) is 4.82. The number of hydrogen-bond donors (Lipinski definition) is 1. The third kappa shape index (κ3) is 5.29. The largest absolute Gasteiger partial charge is 0.324 e. The van der Waals surface area contributed by atoms with E-state index >= 15 is 0 Å². The Bertz CT molecular complexity index is 1370. The second kappa shape index (κ2) is 9.81. The van der Waals surface area contributed by atoms with E-state index in [2.05, 4.69) is 5.32 Å². The van der Waals surface area contributed by atoms with Crippen molar-refractivity contribution in [1.29, 1.82) is 0 Å². The number of hydrogen-bond acceptors (Lipinski definition) is 4. The molecule has 0 aliphatic rings. The van der Waals surface area contributed by atoms with Crippen LogP contribution in [-0.2, 0) is 11.3 Å². The molecule has 0 atom stereocenters. The zero-order chi connectivity index (χ0) is 23.5. The molecule has 0 aliphatic carbocycles. The molecular weight excluding hydrogens is 454 g/mol. The number of anilines is 1. The minimum Gasteiger partial charge on any atom is -0.324 e. The summed E-state index contributed by atoms with van der Waals surface area (Å²) in [5.41, 5.74) is 5.18. The van der Waals surface area contributed by atoms with Gasteiger partial charge in [-0.2, -0.15) is 0 Å². The zero-order valence-corrected chi connectivity index (χ0v) is 20.3. The summed E-state index contributed by atoms with van der Waals surface area (Å²) < 4.78 is 1.63. The summed E-state index contributed by atoms with van der Waals surface area (Å²) in [6, 6.07) is 19.1. The molecule has 1 aromatic heterocycles. The highest BCUT2D eigenvalue weighted by atomic mass is 35.5. The normalized spacial score (nSPS) is 11.0. The SMILES string of the molecule is Cc1ccc(Cn2c(SCC(=O)Nc3c(C)cc(C)cc3Cl)nc3ccccc3c2=O)cc1. The molecule has 0 unspecified atom stereocenters. The van der Waals surface area contributed by atoms with Crippen LogP contribution in [0.3, 0.4) is 0 Å². The number of nitrogens with zero attached hydrogens (tertiary/aromatic N) is 2. The van der Waals surface area contributed by atoms with Gasteiger partial charge in [0.25, 0.3) is 5.56 Å². The molecule has 3 aromatic carbocycles. The van der Waals surface area contributed by atoms with Crippen LogP contribution in [0.25, 0.3) is 10.9 Å². The summed E-state index contributed by atoms with van der Waals surface area (Å²) in [4.78, 5) is 30.7. The van der Waals surface area contributed by atoms with Gasteiger partial charge >= 0.3 is 0 Å². The van der Waals surface area contributed by atoms with Gasteiger partial charge in [0.2, 0.25) is 5.91 Å². The molecule has 1 heterocycles. The highest BCUT2D eigenvalue weighted by Crippen LogP contribution is 2.28. The van der Waals surface area contributed by atoms with Crippen molar-refractivity contribution < 1.29 is 4.79 Å². The molecule has 4 rings (SSSR count). The maximum Gasteiger partial charge on any atom is 0.262 e. The standard InChI is InChI=1S/C26H24ClN3O2S/c1-16-8-10-19(11-9-16)14-30-25(32)20-6-4-5-7-22(20)28-26(30)33-15-23(31)29-24-18(3)12-17(2)13-21(24)27/h4-13H,14-15H2,1-3H3,(H,29,31). The average Bonchev–Trinajstić information content (AvgIpc) is 2.78. The first kappa shape index (κ1) is 23.1. The Morgan fingerprint density at radius 3 is 2.48 bits per heavy atom. The van der Waals surface area contributed by atoms with E-state index in [4.69, 9.17) is 16.6 Å². The number of thioether (sulfide) groups is 1. The molecular formula is C26H24ClN3O2S. The Morgan fingerprint density at radius 2 is 1.76 bits per heavy atom. The molecule has 0 fully saturated rings. The molecule has 4 aromatic rings. The van der Waals surface area contributed by atoms with Gasteiger partial charge in [0.15, 0.2) is 5.16 Å². The molecule has 33 heavy (non-hydrogen) atoms. The third-order valence-electron chi connectivity index (χ3n) is 5.32. The number of para-hydroxylation sites is 1. The van der Waals surface area contributed by atoms with Crippen LogP contribution in [0.5, 0.6) is 0 Å². The van der Waals surface area contributed by atoms with Crippen molar-refractivity contribution in [3.8, 4) is 0 Å². The van der Waals surface area contributed by atoms with Gasteiger partial charge in [-0.3, -0.25) is 14.2 Å². The summed E-state index contributed by atoms with van der Waals surface area (Å²) >= 11 is 7.57. The Labute approximate surface area is 201 Å². The summed E-state index contributed by atoms with van der Waals surface area (Å²) in [5.74, 6) is -0.111. The van der Waals surface area contributed by atoms with Crippen LogP contribution in [0.1, 0.15) is 22.3 Å². The van der Waals surface area contributed by atoms with Gasteiger partial charge in [-0.25, -0.2) is 4.98 Å². The van der Waals surface area contributed by atoms with Crippen molar-refractivity contribution >= 4 is 45.9 Å². The van der Waals surface area contributed by atoms with Gasteiger partial charge in [0, 0.05) is 0 Å². The Morgan fingerprint density at radius 1 is 1.03 bits per heavy atom. The summed E-state index contributed by atoms with van der Waals surface area (Å²) in [7, 11) is 0. The van der Waals surface area contributed by atoms with E-state index in [-0.39, 0.29) is 17.2 Å². The fraction of sp³-hybridized carbons (Fsp3) is 0.192. The second-order valence-electron chi connectivity index (χ2n) is 8.06. The molecule has 0 aliphatic heterocycles. The number of carbonyl (C=O) groups is 1. The molecule has 0 radical (unpaired) electrons. The van der Waals surface area contributed by atoms with E-state index in [0.717, 1.165) is 22.3 Å². The fourth-order valence-electron chi connectivity index (χ4n) is 3.65. The van der Waals surface area contributed by atoms with Crippen molar-refractivity contribution in [2.75, 3.05) is 11.1 Å². The predicted octanol–water partition coefficient (Wildman–Crippen LogP) is 5.75. The summed E-state index contributed by atoms with van der Waals surface area (Å²) in [6.45, 7) is 6.27. The quantitative estimate of drug-likeness (QED) is 0.283. The molecule has 1 amide bonds. The molecule has 7 heteroatoms. The molecule has 0 saturated heterocycles. The van der Waals surface area contributed by atoms with Gasteiger partial charge in [-0.15, -0.1) is 0 Å². The number of aromatic nitrogens is 2. The predicted molar refractivity (Wildman–Crippen MR) is 137 cm³/mol. The lowest BCUT2D eigenvalue weighted by Gasteiger charge is -2.14. The van der Waals surface area contributed by atoms with Crippen molar-refractivity contribution in [2.45, 2.75) is 32.5 Å². The lowest BCUT2D eigenvalue weighted by atomic mass is 10.1. The van der Waals surface area contributed by atoms with E-state index in [1.165, 1.54) is 11.8 Å². The summed E-state index contributed by atoms with van der Waals surface area (Å²) in [5, 5.41) is 4.46. The number of benzene rings is 3. The van der Waals surface area contributed by atoms with Crippen LogP contribution in [0.2, 0.25) is 5.02 Å². The van der Waals surface area contributed by atoms with Crippen molar-refractivity contribution in [1.82, 2.24) is 9.55 Å². The van der Waals surface area contributed by atoms with Crippen molar-refractivity contribution in [2.24, 2.45) is 0 Å².